The Morgan fingerprint density at radius 2 is 2.19 bits per heavy atom. The SMILES string of the molecule is COc1ccc(CNS(=O)(=O)c2cc(CN)n(C)c2)cn1. The number of hydrogen-bond donors (Lipinski definition) is 2. The molecular weight excluding hydrogens is 292 g/mol. The lowest BCUT2D eigenvalue weighted by Crippen LogP contribution is -2.23. The van der Waals surface area contributed by atoms with Crippen LogP contribution in [0.15, 0.2) is 35.5 Å². The standard InChI is InChI=1S/C13H18N4O3S/c1-17-9-12(5-11(17)6-14)21(18,19)16-8-10-3-4-13(20-2)15-7-10/h3-5,7,9,16H,6,8,14H2,1-2H3. The first-order valence-corrected chi connectivity index (χ1v) is 7.78. The largest absolute Gasteiger partial charge is 0.481 e. The van der Waals surface area contributed by atoms with Gasteiger partial charge in [0.1, 0.15) is 0 Å². The van der Waals surface area contributed by atoms with E-state index in [9.17, 15) is 8.42 Å². The summed E-state index contributed by atoms with van der Waals surface area (Å²) >= 11 is 0. The molecule has 0 atom stereocenters. The summed E-state index contributed by atoms with van der Waals surface area (Å²) in [5.74, 6) is 0.484. The van der Waals surface area contributed by atoms with E-state index in [0.717, 1.165) is 11.3 Å². The number of ether oxygens (including phenoxy) is 1. The van der Waals surface area contributed by atoms with Crippen molar-refractivity contribution in [2.24, 2.45) is 12.8 Å². The Morgan fingerprint density at radius 3 is 2.71 bits per heavy atom. The predicted octanol–water partition coefficient (Wildman–Crippen LogP) is 0.366. The molecule has 2 aromatic rings. The minimum atomic E-state index is -3.57. The van der Waals surface area contributed by atoms with Crippen molar-refractivity contribution < 1.29 is 13.2 Å². The van der Waals surface area contributed by atoms with Crippen molar-refractivity contribution in [3.63, 3.8) is 0 Å². The van der Waals surface area contributed by atoms with E-state index >= 15 is 0 Å². The number of methoxy groups -OCH3 is 1. The van der Waals surface area contributed by atoms with Crippen molar-refractivity contribution in [1.29, 1.82) is 0 Å². The van der Waals surface area contributed by atoms with Crippen molar-refractivity contribution >= 4 is 10.0 Å². The molecule has 0 saturated heterocycles. The number of rotatable bonds is 6. The van der Waals surface area contributed by atoms with Gasteiger partial charge in [-0.1, -0.05) is 6.07 Å². The monoisotopic (exact) mass is 310 g/mol. The molecule has 0 amide bonds. The fraction of sp³-hybridized carbons (Fsp3) is 0.308. The van der Waals surface area contributed by atoms with Gasteiger partial charge in [-0.15, -0.1) is 0 Å². The summed E-state index contributed by atoms with van der Waals surface area (Å²) < 4.78 is 33.6. The van der Waals surface area contributed by atoms with Crippen LogP contribution >= 0.6 is 0 Å². The van der Waals surface area contributed by atoms with Crippen LogP contribution < -0.4 is 15.2 Å². The molecule has 0 aliphatic heterocycles. The molecule has 2 aromatic heterocycles. The Hall–Kier alpha value is -1.90. The quantitative estimate of drug-likeness (QED) is 0.803. The first-order valence-electron chi connectivity index (χ1n) is 6.30. The summed E-state index contributed by atoms with van der Waals surface area (Å²) in [7, 11) is -0.290. The highest BCUT2D eigenvalue weighted by Crippen LogP contribution is 2.14. The molecule has 0 aliphatic rings. The van der Waals surface area contributed by atoms with Gasteiger partial charge in [0.15, 0.2) is 0 Å². The van der Waals surface area contributed by atoms with Gasteiger partial charge in [-0.3, -0.25) is 0 Å². The smallest absolute Gasteiger partial charge is 0.242 e. The van der Waals surface area contributed by atoms with Crippen LogP contribution in [0.5, 0.6) is 5.88 Å². The highest BCUT2D eigenvalue weighted by atomic mass is 32.2. The molecule has 114 valence electrons. The molecule has 0 fully saturated rings. The normalized spacial score (nSPS) is 11.6. The number of nitrogens with zero attached hydrogens (tertiary/aromatic N) is 2. The summed E-state index contributed by atoms with van der Waals surface area (Å²) in [6.45, 7) is 0.445. The molecule has 0 bridgehead atoms. The fourth-order valence-electron chi connectivity index (χ4n) is 1.82. The molecule has 7 nitrogen and oxygen atoms in total. The number of nitrogens with one attached hydrogen (secondary N) is 1. The fourth-order valence-corrected chi connectivity index (χ4v) is 2.94. The molecular formula is C13H18N4O3S. The zero-order valence-electron chi connectivity index (χ0n) is 11.9. The molecule has 0 aliphatic carbocycles. The van der Waals surface area contributed by atoms with E-state index in [1.54, 1.807) is 36.0 Å². The van der Waals surface area contributed by atoms with Crippen LogP contribution in [0, 0.1) is 0 Å². The van der Waals surface area contributed by atoms with Gasteiger partial charge in [0.25, 0.3) is 0 Å². The number of pyridine rings is 1. The predicted molar refractivity (Wildman–Crippen MR) is 78.1 cm³/mol. The van der Waals surface area contributed by atoms with Gasteiger partial charge in [-0.2, -0.15) is 0 Å². The Bertz CT molecular complexity index is 708. The zero-order chi connectivity index (χ0) is 15.5. The number of aromatic nitrogens is 2. The maximum Gasteiger partial charge on any atom is 0.242 e. The van der Waals surface area contributed by atoms with Gasteiger partial charge in [0.05, 0.1) is 12.0 Å². The van der Waals surface area contributed by atoms with Crippen LogP contribution in [0.3, 0.4) is 0 Å². The average Bonchev–Trinajstić information content (AvgIpc) is 2.88. The third-order valence-electron chi connectivity index (χ3n) is 3.08. The second-order valence-electron chi connectivity index (χ2n) is 4.52. The number of hydrogen-bond acceptors (Lipinski definition) is 5. The second-order valence-corrected chi connectivity index (χ2v) is 6.28. The third-order valence-corrected chi connectivity index (χ3v) is 4.44. The highest BCUT2D eigenvalue weighted by molar-refractivity contribution is 7.89. The van der Waals surface area contributed by atoms with Gasteiger partial charge >= 0.3 is 0 Å². The van der Waals surface area contributed by atoms with Crippen LogP contribution in [0.4, 0.5) is 0 Å². The molecule has 0 unspecified atom stereocenters. The molecule has 3 N–H and O–H groups in total. The van der Waals surface area contributed by atoms with E-state index in [4.69, 9.17) is 10.5 Å². The maximum absolute atomic E-state index is 12.2. The van der Waals surface area contributed by atoms with Crippen molar-refractivity contribution in [2.75, 3.05) is 7.11 Å². The molecule has 8 heteroatoms. The first kappa shape index (κ1) is 15.5. The van der Waals surface area contributed by atoms with Gasteiger partial charge in [-0.05, 0) is 11.6 Å². The van der Waals surface area contributed by atoms with Gasteiger partial charge in [0, 0.05) is 44.3 Å². The topological polar surface area (TPSA) is 99.2 Å². The van der Waals surface area contributed by atoms with Crippen LogP contribution in [0.1, 0.15) is 11.3 Å². The van der Waals surface area contributed by atoms with Gasteiger partial charge < -0.3 is 15.0 Å². The molecule has 21 heavy (non-hydrogen) atoms. The summed E-state index contributed by atoms with van der Waals surface area (Å²) in [6, 6.07) is 5.00. The Morgan fingerprint density at radius 1 is 1.43 bits per heavy atom. The van der Waals surface area contributed by atoms with E-state index in [2.05, 4.69) is 9.71 Å². The van der Waals surface area contributed by atoms with Crippen LogP contribution in [0.25, 0.3) is 0 Å². The first-order chi connectivity index (χ1) is 9.96. The maximum atomic E-state index is 12.2. The lowest BCUT2D eigenvalue weighted by molar-refractivity contribution is 0.397. The molecule has 0 aromatic carbocycles. The van der Waals surface area contributed by atoms with Crippen molar-refractivity contribution in [2.45, 2.75) is 18.0 Å². The van der Waals surface area contributed by atoms with Crippen molar-refractivity contribution in [1.82, 2.24) is 14.3 Å². The van der Waals surface area contributed by atoms with E-state index in [0.29, 0.717) is 5.88 Å². The van der Waals surface area contributed by atoms with Crippen molar-refractivity contribution in [3.05, 3.63) is 41.9 Å². The molecule has 0 saturated carbocycles. The second kappa shape index (κ2) is 6.25. The summed E-state index contributed by atoms with van der Waals surface area (Å²) in [4.78, 5) is 4.23. The lowest BCUT2D eigenvalue weighted by atomic mass is 10.3. The third kappa shape index (κ3) is 3.60. The summed E-state index contributed by atoms with van der Waals surface area (Å²) in [6.07, 6.45) is 3.11. The Balaban J connectivity index is 2.09. The highest BCUT2D eigenvalue weighted by Gasteiger charge is 2.16. The average molecular weight is 310 g/mol. The molecule has 0 radical (unpaired) electrons. The van der Waals surface area contributed by atoms with Crippen LogP contribution in [-0.2, 0) is 30.2 Å². The number of sulfonamides is 1. The molecule has 2 heterocycles. The van der Waals surface area contributed by atoms with E-state index in [1.807, 2.05) is 0 Å². The van der Waals surface area contributed by atoms with E-state index < -0.39 is 10.0 Å². The van der Waals surface area contributed by atoms with Gasteiger partial charge in [0.2, 0.25) is 15.9 Å². The molecule has 2 rings (SSSR count). The van der Waals surface area contributed by atoms with E-state index in [-0.39, 0.29) is 18.0 Å². The van der Waals surface area contributed by atoms with E-state index in [1.165, 1.54) is 13.3 Å². The molecule has 0 spiro atoms. The number of nitrogens with two attached hydrogens (primary N) is 1. The van der Waals surface area contributed by atoms with Gasteiger partial charge in [-0.25, -0.2) is 18.1 Å². The Kier molecular flexibility index (Phi) is 4.61. The minimum absolute atomic E-state index is 0.159. The lowest BCUT2D eigenvalue weighted by Gasteiger charge is -2.05. The summed E-state index contributed by atoms with van der Waals surface area (Å²) in [5, 5.41) is 0. The number of aryl methyl sites for hydroxylation is 1. The minimum Gasteiger partial charge on any atom is -0.481 e. The van der Waals surface area contributed by atoms with Crippen molar-refractivity contribution in [3.8, 4) is 5.88 Å². The summed E-state index contributed by atoms with van der Waals surface area (Å²) in [5.41, 5.74) is 7.04. The van der Waals surface area contributed by atoms with Crippen LogP contribution in [-0.4, -0.2) is 25.1 Å². The van der Waals surface area contributed by atoms with Crippen LogP contribution in [0.2, 0.25) is 0 Å². The zero-order valence-corrected chi connectivity index (χ0v) is 12.7. The Labute approximate surface area is 123 Å².